The molecule has 4 rings (SSSR count). The van der Waals surface area contributed by atoms with Crippen LogP contribution in [0.1, 0.15) is 38.2 Å². The van der Waals surface area contributed by atoms with Crippen molar-refractivity contribution in [3.05, 3.63) is 66.2 Å². The van der Waals surface area contributed by atoms with Gasteiger partial charge in [0.15, 0.2) is 11.5 Å². The number of benzene rings is 3. The van der Waals surface area contributed by atoms with Crippen LogP contribution in [-0.2, 0) is 6.54 Å². The predicted molar refractivity (Wildman–Crippen MR) is 140 cm³/mol. The van der Waals surface area contributed by atoms with Gasteiger partial charge in [0, 0.05) is 12.1 Å². The van der Waals surface area contributed by atoms with E-state index in [0.717, 1.165) is 47.6 Å². The number of nitrogens with zero attached hydrogens (tertiary/aromatic N) is 2. The predicted octanol–water partition coefficient (Wildman–Crippen LogP) is 6.71. The summed E-state index contributed by atoms with van der Waals surface area (Å²) in [6.45, 7) is 5.83. The molecule has 6 nitrogen and oxygen atoms in total. The largest absolute Gasteiger partial charge is 0.494 e. The molecule has 0 aliphatic heterocycles. The summed E-state index contributed by atoms with van der Waals surface area (Å²) in [5, 5.41) is 0. The van der Waals surface area contributed by atoms with E-state index in [1.165, 1.54) is 5.56 Å². The lowest BCUT2D eigenvalue weighted by Gasteiger charge is -2.15. The lowest BCUT2D eigenvalue weighted by molar-refractivity contribution is 0.302. The number of aromatic nitrogens is 2. The van der Waals surface area contributed by atoms with Crippen LogP contribution in [-0.4, -0.2) is 37.5 Å². The molecule has 0 bridgehead atoms. The molecule has 1 aromatic heterocycles. The molecular formula is C29H34N2O4. The Morgan fingerprint density at radius 2 is 1.57 bits per heavy atom. The highest BCUT2D eigenvalue weighted by atomic mass is 16.5. The fraction of sp³-hybridized carbons (Fsp3) is 0.345. The van der Waals surface area contributed by atoms with Crippen molar-refractivity contribution in [2.75, 3.05) is 27.9 Å². The first kappa shape index (κ1) is 24.5. The van der Waals surface area contributed by atoms with E-state index in [2.05, 4.69) is 48.7 Å². The Kier molecular flexibility index (Phi) is 7.80. The first-order valence-electron chi connectivity index (χ1n) is 12.1. The molecule has 1 unspecified atom stereocenters. The number of rotatable bonds is 11. The van der Waals surface area contributed by atoms with Crippen LogP contribution in [0.5, 0.6) is 23.0 Å². The van der Waals surface area contributed by atoms with Crippen LogP contribution < -0.4 is 18.9 Å². The third-order valence-electron chi connectivity index (χ3n) is 6.43. The monoisotopic (exact) mass is 474 g/mol. The highest BCUT2D eigenvalue weighted by Gasteiger charge is 2.18. The van der Waals surface area contributed by atoms with E-state index < -0.39 is 0 Å². The Bertz CT molecular complexity index is 1240. The summed E-state index contributed by atoms with van der Waals surface area (Å²) in [6.07, 6.45) is 1.97. The van der Waals surface area contributed by atoms with Gasteiger partial charge in [-0.3, -0.25) is 0 Å². The lowest BCUT2D eigenvalue weighted by Crippen LogP contribution is -2.06. The normalized spacial score (nSPS) is 11.9. The zero-order chi connectivity index (χ0) is 24.8. The molecule has 1 atom stereocenters. The molecule has 1 heterocycles. The maximum absolute atomic E-state index is 6.04. The van der Waals surface area contributed by atoms with Crippen molar-refractivity contribution in [3.8, 4) is 34.4 Å². The Morgan fingerprint density at radius 1 is 0.886 bits per heavy atom. The van der Waals surface area contributed by atoms with Crippen molar-refractivity contribution in [2.24, 2.45) is 0 Å². The Hall–Kier alpha value is -3.67. The average molecular weight is 475 g/mol. The topological polar surface area (TPSA) is 54.7 Å². The first-order chi connectivity index (χ1) is 17.1. The van der Waals surface area contributed by atoms with Gasteiger partial charge in [0.05, 0.1) is 39.0 Å². The average Bonchev–Trinajstić information content (AvgIpc) is 3.28. The van der Waals surface area contributed by atoms with E-state index in [1.54, 1.807) is 21.3 Å². The Morgan fingerprint density at radius 3 is 2.20 bits per heavy atom. The van der Waals surface area contributed by atoms with Crippen molar-refractivity contribution in [1.29, 1.82) is 0 Å². The van der Waals surface area contributed by atoms with Crippen molar-refractivity contribution in [1.82, 2.24) is 9.55 Å². The van der Waals surface area contributed by atoms with Gasteiger partial charge in [-0.2, -0.15) is 0 Å². The quantitative estimate of drug-likeness (QED) is 0.226. The van der Waals surface area contributed by atoms with Gasteiger partial charge in [0.1, 0.15) is 11.6 Å². The van der Waals surface area contributed by atoms with E-state index in [0.29, 0.717) is 29.8 Å². The van der Waals surface area contributed by atoms with E-state index in [1.807, 2.05) is 30.3 Å². The zero-order valence-electron chi connectivity index (χ0n) is 21.2. The van der Waals surface area contributed by atoms with Crippen LogP contribution in [0.4, 0.5) is 0 Å². The second kappa shape index (κ2) is 11.2. The van der Waals surface area contributed by atoms with E-state index >= 15 is 0 Å². The molecule has 0 aliphatic rings. The molecule has 6 heteroatoms. The minimum absolute atomic E-state index is 0.562. The van der Waals surface area contributed by atoms with Gasteiger partial charge in [-0.05, 0) is 60.7 Å². The van der Waals surface area contributed by atoms with Crippen LogP contribution in [0.15, 0.2) is 60.7 Å². The summed E-state index contributed by atoms with van der Waals surface area (Å²) in [6, 6.07) is 20.5. The van der Waals surface area contributed by atoms with Gasteiger partial charge in [-0.25, -0.2) is 4.98 Å². The second-order valence-electron chi connectivity index (χ2n) is 8.57. The van der Waals surface area contributed by atoms with Crippen LogP contribution in [0.3, 0.4) is 0 Å². The molecule has 0 amide bonds. The highest BCUT2D eigenvalue weighted by Crippen LogP contribution is 2.41. The van der Waals surface area contributed by atoms with Gasteiger partial charge in [-0.1, -0.05) is 38.1 Å². The molecule has 4 aromatic rings. The molecule has 0 saturated carbocycles. The standard InChI is InChI=1S/C29H34N2O4/c1-6-20(2)21-12-14-23(15-13-21)35-17-9-16-31-25-11-8-7-10-24(25)30-29(31)22-18-26(32-3)28(34-5)27(19-22)33-4/h7-8,10-15,18-20H,6,9,16-17H2,1-5H3. The summed E-state index contributed by atoms with van der Waals surface area (Å²) >= 11 is 0. The number of aryl methyl sites for hydroxylation is 1. The summed E-state index contributed by atoms with van der Waals surface area (Å²) in [5.74, 6) is 4.08. The molecule has 0 radical (unpaired) electrons. The third-order valence-corrected chi connectivity index (χ3v) is 6.43. The number of hydrogen-bond acceptors (Lipinski definition) is 5. The SMILES string of the molecule is CCC(C)c1ccc(OCCCn2c(-c3cc(OC)c(OC)c(OC)c3)nc3ccccc32)cc1. The second-order valence-corrected chi connectivity index (χ2v) is 8.57. The minimum atomic E-state index is 0.562. The van der Waals surface area contributed by atoms with Crippen molar-refractivity contribution < 1.29 is 18.9 Å². The molecular weight excluding hydrogens is 440 g/mol. The summed E-state index contributed by atoms with van der Waals surface area (Å²) in [4.78, 5) is 4.93. The summed E-state index contributed by atoms with van der Waals surface area (Å²) < 4.78 is 24.9. The van der Waals surface area contributed by atoms with Gasteiger partial charge in [0.2, 0.25) is 5.75 Å². The Balaban J connectivity index is 1.56. The summed E-state index contributed by atoms with van der Waals surface area (Å²) in [5.41, 5.74) is 4.27. The molecule has 3 aromatic carbocycles. The van der Waals surface area contributed by atoms with Crippen LogP contribution >= 0.6 is 0 Å². The number of fused-ring (bicyclic) bond motifs is 1. The van der Waals surface area contributed by atoms with Gasteiger partial charge >= 0.3 is 0 Å². The van der Waals surface area contributed by atoms with Gasteiger partial charge < -0.3 is 23.5 Å². The third kappa shape index (κ3) is 5.21. The highest BCUT2D eigenvalue weighted by molar-refractivity contribution is 5.81. The molecule has 184 valence electrons. The first-order valence-corrected chi connectivity index (χ1v) is 12.1. The van der Waals surface area contributed by atoms with Crippen molar-refractivity contribution >= 4 is 11.0 Å². The number of hydrogen-bond donors (Lipinski definition) is 0. The van der Waals surface area contributed by atoms with E-state index in [-0.39, 0.29) is 0 Å². The number of ether oxygens (including phenoxy) is 4. The lowest BCUT2D eigenvalue weighted by atomic mass is 9.99. The number of imidazole rings is 1. The Labute approximate surface area is 207 Å². The van der Waals surface area contributed by atoms with Crippen LogP contribution in [0.25, 0.3) is 22.4 Å². The number of methoxy groups -OCH3 is 3. The van der Waals surface area contributed by atoms with Gasteiger partial charge in [0.25, 0.3) is 0 Å². The van der Waals surface area contributed by atoms with Crippen molar-refractivity contribution in [3.63, 3.8) is 0 Å². The number of para-hydroxylation sites is 2. The zero-order valence-corrected chi connectivity index (χ0v) is 21.2. The smallest absolute Gasteiger partial charge is 0.203 e. The molecule has 35 heavy (non-hydrogen) atoms. The van der Waals surface area contributed by atoms with Crippen molar-refractivity contribution in [2.45, 2.75) is 39.2 Å². The van der Waals surface area contributed by atoms with E-state index in [9.17, 15) is 0 Å². The van der Waals surface area contributed by atoms with Crippen LogP contribution in [0, 0.1) is 0 Å². The molecule has 0 aliphatic carbocycles. The van der Waals surface area contributed by atoms with E-state index in [4.69, 9.17) is 23.9 Å². The maximum Gasteiger partial charge on any atom is 0.203 e. The maximum atomic E-state index is 6.04. The fourth-order valence-electron chi connectivity index (χ4n) is 4.27. The van der Waals surface area contributed by atoms with Crippen LogP contribution in [0.2, 0.25) is 0 Å². The fourth-order valence-corrected chi connectivity index (χ4v) is 4.27. The molecule has 0 spiro atoms. The summed E-state index contributed by atoms with van der Waals surface area (Å²) in [7, 11) is 4.85. The molecule has 0 fully saturated rings. The molecule has 0 N–H and O–H groups in total. The molecule has 0 saturated heterocycles. The minimum Gasteiger partial charge on any atom is -0.494 e. The van der Waals surface area contributed by atoms with Gasteiger partial charge in [-0.15, -0.1) is 0 Å².